The van der Waals surface area contributed by atoms with Gasteiger partial charge in [-0.25, -0.2) is 4.98 Å². The predicted octanol–water partition coefficient (Wildman–Crippen LogP) is 4.52. The lowest BCUT2D eigenvalue weighted by molar-refractivity contribution is 0.0644. The molecule has 2 saturated heterocycles. The molecule has 200 valence electrons. The molecule has 0 radical (unpaired) electrons. The summed E-state index contributed by atoms with van der Waals surface area (Å²) in [4.78, 5) is 26.5. The van der Waals surface area contributed by atoms with Crippen LogP contribution in [0.5, 0.6) is 5.75 Å². The molecule has 1 aromatic carbocycles. The van der Waals surface area contributed by atoms with E-state index in [0.29, 0.717) is 35.5 Å². The van der Waals surface area contributed by atoms with Gasteiger partial charge in [0.1, 0.15) is 12.3 Å². The lowest BCUT2D eigenvalue weighted by Crippen LogP contribution is -2.45. The molecule has 10 heteroatoms. The molecule has 2 fully saturated rings. The first-order chi connectivity index (χ1) is 19.1. The highest BCUT2D eigenvalue weighted by atomic mass is 32.1. The Morgan fingerprint density at radius 2 is 1.74 bits per heavy atom. The summed E-state index contributed by atoms with van der Waals surface area (Å²) in [6, 6.07) is 14.1. The van der Waals surface area contributed by atoms with E-state index < -0.39 is 0 Å². The number of amides is 1. The molecule has 0 spiro atoms. The zero-order valence-corrected chi connectivity index (χ0v) is 22.5. The number of anilines is 1. The zero-order valence-electron chi connectivity index (χ0n) is 21.7. The van der Waals surface area contributed by atoms with Crippen LogP contribution in [0.3, 0.4) is 0 Å². The Labute approximate surface area is 231 Å². The van der Waals surface area contributed by atoms with Gasteiger partial charge in [0.2, 0.25) is 0 Å². The number of piperidine rings is 1. The van der Waals surface area contributed by atoms with Crippen LogP contribution in [0.25, 0.3) is 22.5 Å². The molecular weight excluding hydrogens is 510 g/mol. The van der Waals surface area contributed by atoms with Crippen molar-refractivity contribution in [2.75, 3.05) is 31.9 Å². The minimum atomic E-state index is 0.0467. The van der Waals surface area contributed by atoms with Crippen molar-refractivity contribution in [2.45, 2.75) is 38.3 Å². The fourth-order valence-electron chi connectivity index (χ4n) is 5.35. The van der Waals surface area contributed by atoms with Gasteiger partial charge in [0.15, 0.2) is 11.6 Å². The quantitative estimate of drug-likeness (QED) is 0.364. The Morgan fingerprint density at radius 1 is 0.949 bits per heavy atom. The van der Waals surface area contributed by atoms with Gasteiger partial charge in [-0.2, -0.15) is 0 Å². The number of ether oxygens (including phenoxy) is 1. The summed E-state index contributed by atoms with van der Waals surface area (Å²) in [7, 11) is 0. The van der Waals surface area contributed by atoms with Gasteiger partial charge in [-0.1, -0.05) is 28.8 Å². The number of rotatable bonds is 7. The fourth-order valence-corrected chi connectivity index (χ4v) is 5.81. The van der Waals surface area contributed by atoms with E-state index in [1.165, 1.54) is 37.5 Å². The van der Waals surface area contributed by atoms with E-state index in [1.54, 1.807) is 12.4 Å². The molecule has 0 aliphatic carbocycles. The topological polar surface area (TPSA) is 110 Å². The number of aromatic nitrogens is 4. The maximum Gasteiger partial charge on any atom is 0.255 e. The number of hydrogen-bond donors (Lipinski definition) is 1. The molecule has 39 heavy (non-hydrogen) atoms. The lowest BCUT2D eigenvalue weighted by atomic mass is 10.0. The molecule has 9 nitrogen and oxygen atoms in total. The highest BCUT2D eigenvalue weighted by molar-refractivity contribution is 7.03. The summed E-state index contributed by atoms with van der Waals surface area (Å²) >= 11 is 1.33. The lowest BCUT2D eigenvalue weighted by Gasteiger charge is -2.36. The van der Waals surface area contributed by atoms with Gasteiger partial charge in [-0.15, -0.1) is 5.10 Å². The van der Waals surface area contributed by atoms with Crippen LogP contribution in [0.4, 0.5) is 5.82 Å². The van der Waals surface area contributed by atoms with E-state index in [1.807, 2.05) is 52.7 Å². The van der Waals surface area contributed by atoms with E-state index >= 15 is 0 Å². The van der Waals surface area contributed by atoms with Crippen LogP contribution < -0.4 is 10.5 Å². The highest BCUT2D eigenvalue weighted by Crippen LogP contribution is 2.28. The van der Waals surface area contributed by atoms with E-state index in [0.717, 1.165) is 48.3 Å². The predicted molar refractivity (Wildman–Crippen MR) is 151 cm³/mol. The molecule has 3 aromatic heterocycles. The Balaban J connectivity index is 1.07. The number of hydrogen-bond acceptors (Lipinski definition) is 9. The van der Waals surface area contributed by atoms with Crippen LogP contribution in [-0.4, -0.2) is 67.5 Å². The van der Waals surface area contributed by atoms with Crippen LogP contribution in [0.15, 0.2) is 60.2 Å². The SMILES string of the molecule is Nc1ncc(-c2ccc(C(=O)N3CCC(N4CCCC4)CC3)cn2)cc1OCc1ccc(-c2csnn2)cc1. The number of nitrogens with zero attached hydrogens (tertiary/aromatic N) is 6. The molecule has 0 bridgehead atoms. The average molecular weight is 542 g/mol. The molecule has 0 unspecified atom stereocenters. The van der Waals surface area contributed by atoms with Gasteiger partial charge in [0, 0.05) is 48.0 Å². The number of carbonyl (C=O) groups excluding carboxylic acids is 1. The third-order valence-electron chi connectivity index (χ3n) is 7.60. The number of pyridine rings is 2. The Kier molecular flexibility index (Phi) is 7.46. The summed E-state index contributed by atoms with van der Waals surface area (Å²) in [6.07, 6.45) is 8.02. The second kappa shape index (κ2) is 11.5. The van der Waals surface area contributed by atoms with Crippen molar-refractivity contribution in [3.63, 3.8) is 0 Å². The molecule has 5 heterocycles. The first-order valence-electron chi connectivity index (χ1n) is 13.4. The monoisotopic (exact) mass is 541 g/mol. The van der Waals surface area contributed by atoms with E-state index in [2.05, 4.69) is 24.5 Å². The molecule has 0 saturated carbocycles. The van der Waals surface area contributed by atoms with Crippen molar-refractivity contribution in [1.29, 1.82) is 0 Å². The van der Waals surface area contributed by atoms with Crippen LogP contribution in [-0.2, 0) is 6.61 Å². The van der Waals surface area contributed by atoms with E-state index in [-0.39, 0.29) is 5.91 Å². The molecule has 4 aromatic rings. The number of likely N-dealkylation sites (tertiary alicyclic amines) is 2. The third kappa shape index (κ3) is 5.76. The minimum absolute atomic E-state index is 0.0467. The molecule has 2 N–H and O–H groups in total. The van der Waals surface area contributed by atoms with Gasteiger partial charge >= 0.3 is 0 Å². The van der Waals surface area contributed by atoms with Crippen molar-refractivity contribution in [3.8, 4) is 28.3 Å². The zero-order chi connectivity index (χ0) is 26.6. The standard InChI is InChI=1S/C29H31N7O2S/c30-28-27(38-18-20-3-5-21(6-4-20)26-19-39-34-33-26)15-23(17-32-28)25-8-7-22(16-31-25)29(37)36-13-9-24(10-14-36)35-11-1-2-12-35/h3-8,15-17,19,24H,1-2,9-14,18H2,(H2,30,32). The van der Waals surface area contributed by atoms with Crippen LogP contribution in [0.2, 0.25) is 0 Å². The van der Waals surface area contributed by atoms with Crippen molar-refractivity contribution < 1.29 is 9.53 Å². The van der Waals surface area contributed by atoms with E-state index in [9.17, 15) is 4.79 Å². The maximum absolute atomic E-state index is 13.1. The van der Waals surface area contributed by atoms with Crippen LogP contribution in [0, 0.1) is 0 Å². The summed E-state index contributed by atoms with van der Waals surface area (Å²) < 4.78 is 9.91. The van der Waals surface area contributed by atoms with Gasteiger partial charge in [0.25, 0.3) is 5.91 Å². The normalized spacial score (nSPS) is 16.5. The summed E-state index contributed by atoms with van der Waals surface area (Å²) in [5.74, 6) is 0.849. The van der Waals surface area contributed by atoms with Crippen molar-refractivity contribution >= 4 is 23.3 Å². The van der Waals surface area contributed by atoms with Gasteiger partial charge in [-0.3, -0.25) is 9.78 Å². The summed E-state index contributed by atoms with van der Waals surface area (Å²) in [5.41, 5.74) is 11.0. The Hall–Kier alpha value is -3.89. The molecule has 2 aliphatic rings. The Bertz CT molecular complexity index is 1400. The van der Waals surface area contributed by atoms with Crippen molar-refractivity contribution in [3.05, 3.63) is 71.4 Å². The second-order valence-electron chi connectivity index (χ2n) is 10.1. The van der Waals surface area contributed by atoms with Gasteiger partial charge in [-0.05, 0) is 74.1 Å². The summed E-state index contributed by atoms with van der Waals surface area (Å²) in [5, 5.41) is 6.01. The molecule has 0 atom stereocenters. The van der Waals surface area contributed by atoms with Gasteiger partial charge < -0.3 is 20.3 Å². The largest absolute Gasteiger partial charge is 0.485 e. The summed E-state index contributed by atoms with van der Waals surface area (Å²) in [6.45, 7) is 4.36. The number of nitrogens with two attached hydrogens (primary N) is 1. The van der Waals surface area contributed by atoms with Gasteiger partial charge in [0.05, 0.1) is 11.3 Å². The maximum atomic E-state index is 13.1. The third-order valence-corrected chi connectivity index (χ3v) is 8.11. The molecule has 6 rings (SSSR count). The number of carbonyl (C=O) groups is 1. The molecule has 1 amide bonds. The minimum Gasteiger partial charge on any atom is -0.485 e. The van der Waals surface area contributed by atoms with Crippen LogP contribution >= 0.6 is 11.5 Å². The van der Waals surface area contributed by atoms with Crippen molar-refractivity contribution in [2.24, 2.45) is 0 Å². The van der Waals surface area contributed by atoms with E-state index in [4.69, 9.17) is 10.5 Å². The first kappa shape index (κ1) is 25.4. The smallest absolute Gasteiger partial charge is 0.255 e. The van der Waals surface area contributed by atoms with Crippen molar-refractivity contribution in [1.82, 2.24) is 29.4 Å². The number of nitrogen functional groups attached to an aromatic ring is 1. The average Bonchev–Trinajstić information content (AvgIpc) is 3.73. The second-order valence-corrected chi connectivity index (χ2v) is 10.7. The fraction of sp³-hybridized carbons (Fsp3) is 0.345. The van der Waals surface area contributed by atoms with Crippen LogP contribution in [0.1, 0.15) is 41.6 Å². The highest BCUT2D eigenvalue weighted by Gasteiger charge is 2.28. The molecular formula is C29H31N7O2S. The number of benzene rings is 1. The Morgan fingerprint density at radius 3 is 2.44 bits per heavy atom. The first-order valence-corrected chi connectivity index (χ1v) is 14.2. The molecule has 2 aliphatic heterocycles.